The van der Waals surface area contributed by atoms with Crippen molar-refractivity contribution in [1.82, 2.24) is 15.2 Å². The number of aromatic amines is 1. The van der Waals surface area contributed by atoms with E-state index in [4.69, 9.17) is 4.74 Å². The molecule has 1 aliphatic carbocycles. The Bertz CT molecular complexity index is 798. The number of hydrogen-bond donors (Lipinski definition) is 2. The number of ether oxygens (including phenoxy) is 1. The molecule has 4 rings (SSSR count). The molecule has 5 nitrogen and oxygen atoms in total. The Labute approximate surface area is 155 Å². The molecule has 1 aromatic carbocycles. The second-order valence-electron chi connectivity index (χ2n) is 8.38. The fourth-order valence-electron chi connectivity index (χ4n) is 4.72. The Morgan fingerprint density at radius 1 is 1.42 bits per heavy atom. The average molecular weight is 355 g/mol. The fourth-order valence-corrected chi connectivity index (χ4v) is 4.72. The summed E-state index contributed by atoms with van der Waals surface area (Å²) in [5, 5.41) is 4.39. The van der Waals surface area contributed by atoms with Crippen LogP contribution in [0.1, 0.15) is 37.3 Å². The van der Waals surface area contributed by atoms with Crippen LogP contribution in [-0.4, -0.2) is 48.8 Å². The van der Waals surface area contributed by atoms with E-state index in [-0.39, 0.29) is 6.09 Å². The third-order valence-electron chi connectivity index (χ3n) is 5.90. The standard InChI is InChI=1S/C21H29N3O2/c1-13(2)12-26-21(25)23-9-14-7-17-16-5-4-6-18-20(16)15(10-22-18)8-19(17)24(3)11-14/h4-6,10,13-14,17,19,22H,7-9,11-12H2,1-3H3,(H,23,25)/t14-,17+,19+/m0/s1. The molecule has 3 atom stereocenters. The molecule has 140 valence electrons. The van der Waals surface area contributed by atoms with Gasteiger partial charge in [-0.05, 0) is 48.9 Å². The Balaban J connectivity index is 1.46. The van der Waals surface area contributed by atoms with Crippen molar-refractivity contribution in [1.29, 1.82) is 0 Å². The van der Waals surface area contributed by atoms with Gasteiger partial charge in [0.05, 0.1) is 6.61 Å². The lowest BCUT2D eigenvalue weighted by atomic mass is 9.72. The maximum atomic E-state index is 11.9. The molecule has 1 amide bonds. The van der Waals surface area contributed by atoms with E-state index in [1.54, 1.807) is 0 Å². The van der Waals surface area contributed by atoms with Crippen LogP contribution in [0.5, 0.6) is 0 Å². The van der Waals surface area contributed by atoms with Crippen molar-refractivity contribution in [3.8, 4) is 0 Å². The molecule has 0 radical (unpaired) electrons. The van der Waals surface area contributed by atoms with E-state index < -0.39 is 0 Å². The quantitative estimate of drug-likeness (QED) is 0.882. The summed E-state index contributed by atoms with van der Waals surface area (Å²) in [6, 6.07) is 7.16. The molecule has 0 saturated carbocycles. The number of H-pyrrole nitrogens is 1. The minimum absolute atomic E-state index is 0.290. The summed E-state index contributed by atoms with van der Waals surface area (Å²) in [4.78, 5) is 17.8. The van der Waals surface area contributed by atoms with Gasteiger partial charge in [-0.25, -0.2) is 4.79 Å². The summed E-state index contributed by atoms with van der Waals surface area (Å²) >= 11 is 0. The van der Waals surface area contributed by atoms with Gasteiger partial charge >= 0.3 is 6.09 Å². The zero-order valence-electron chi connectivity index (χ0n) is 15.9. The highest BCUT2D eigenvalue weighted by molar-refractivity contribution is 5.88. The van der Waals surface area contributed by atoms with Gasteiger partial charge < -0.3 is 19.9 Å². The van der Waals surface area contributed by atoms with Crippen LogP contribution in [-0.2, 0) is 11.2 Å². The second-order valence-corrected chi connectivity index (χ2v) is 8.38. The summed E-state index contributed by atoms with van der Waals surface area (Å²) in [6.07, 6.45) is 4.11. The van der Waals surface area contributed by atoms with Gasteiger partial charge in [0, 0.05) is 42.1 Å². The molecule has 2 N–H and O–H groups in total. The maximum Gasteiger partial charge on any atom is 0.407 e. The van der Waals surface area contributed by atoms with Crippen molar-refractivity contribution in [2.45, 2.75) is 38.6 Å². The molecule has 2 heterocycles. The van der Waals surface area contributed by atoms with Gasteiger partial charge in [-0.1, -0.05) is 26.0 Å². The van der Waals surface area contributed by atoms with E-state index in [2.05, 4.69) is 46.6 Å². The monoisotopic (exact) mass is 355 g/mol. The van der Waals surface area contributed by atoms with Crippen molar-refractivity contribution < 1.29 is 9.53 Å². The van der Waals surface area contributed by atoms with E-state index in [1.165, 1.54) is 22.0 Å². The highest BCUT2D eigenvalue weighted by Crippen LogP contribution is 2.44. The molecule has 2 aliphatic rings. The van der Waals surface area contributed by atoms with Gasteiger partial charge in [0.15, 0.2) is 0 Å². The zero-order valence-corrected chi connectivity index (χ0v) is 15.9. The molecule has 26 heavy (non-hydrogen) atoms. The van der Waals surface area contributed by atoms with Gasteiger partial charge in [-0.3, -0.25) is 0 Å². The summed E-state index contributed by atoms with van der Waals surface area (Å²) in [7, 11) is 2.22. The molecule has 5 heteroatoms. The number of nitrogens with zero attached hydrogens (tertiary/aromatic N) is 1. The van der Waals surface area contributed by atoms with Crippen LogP contribution >= 0.6 is 0 Å². The number of likely N-dealkylation sites (tertiary alicyclic amines) is 1. The average Bonchev–Trinajstić information content (AvgIpc) is 3.04. The summed E-state index contributed by atoms with van der Waals surface area (Å²) < 4.78 is 5.24. The lowest BCUT2D eigenvalue weighted by Gasteiger charge is -2.45. The third-order valence-corrected chi connectivity index (χ3v) is 5.90. The molecule has 1 aliphatic heterocycles. The molecular formula is C21H29N3O2. The van der Waals surface area contributed by atoms with Crippen molar-refractivity contribution in [3.63, 3.8) is 0 Å². The minimum atomic E-state index is -0.290. The van der Waals surface area contributed by atoms with Crippen LogP contribution in [0.4, 0.5) is 4.79 Å². The van der Waals surface area contributed by atoms with Crippen LogP contribution in [0.25, 0.3) is 10.9 Å². The number of nitrogens with one attached hydrogen (secondary N) is 2. The van der Waals surface area contributed by atoms with Gasteiger partial charge in [-0.15, -0.1) is 0 Å². The molecule has 1 fully saturated rings. The largest absolute Gasteiger partial charge is 0.449 e. The molecule has 1 saturated heterocycles. The summed E-state index contributed by atoms with van der Waals surface area (Å²) in [5.74, 6) is 1.34. The molecule has 1 aromatic heterocycles. The van der Waals surface area contributed by atoms with Gasteiger partial charge in [0.2, 0.25) is 0 Å². The van der Waals surface area contributed by atoms with Crippen LogP contribution in [0.2, 0.25) is 0 Å². The first-order valence-electron chi connectivity index (χ1n) is 9.72. The van der Waals surface area contributed by atoms with Crippen LogP contribution in [0.3, 0.4) is 0 Å². The number of benzene rings is 1. The lowest BCUT2D eigenvalue weighted by molar-refractivity contribution is 0.103. The number of carbonyl (C=O) groups excluding carboxylic acids is 1. The van der Waals surface area contributed by atoms with E-state index in [0.717, 1.165) is 19.4 Å². The Kier molecular flexibility index (Phi) is 4.65. The number of carbonyl (C=O) groups is 1. The maximum absolute atomic E-state index is 11.9. The van der Waals surface area contributed by atoms with Crippen LogP contribution in [0.15, 0.2) is 24.4 Å². The van der Waals surface area contributed by atoms with Crippen LogP contribution < -0.4 is 5.32 Å². The number of piperidine rings is 1. The summed E-state index contributed by atoms with van der Waals surface area (Å²) in [6.45, 7) is 6.26. The predicted molar refractivity (Wildman–Crippen MR) is 103 cm³/mol. The number of rotatable bonds is 4. The first-order valence-corrected chi connectivity index (χ1v) is 9.72. The molecule has 0 unspecified atom stereocenters. The normalized spacial score (nSPS) is 25.3. The zero-order chi connectivity index (χ0) is 18.3. The Morgan fingerprint density at radius 3 is 3.08 bits per heavy atom. The van der Waals surface area contributed by atoms with E-state index in [0.29, 0.717) is 36.9 Å². The predicted octanol–water partition coefficient (Wildman–Crippen LogP) is 3.51. The summed E-state index contributed by atoms with van der Waals surface area (Å²) in [5.41, 5.74) is 4.16. The van der Waals surface area contributed by atoms with E-state index in [1.807, 2.05) is 13.8 Å². The molecule has 2 aromatic rings. The Hall–Kier alpha value is -2.01. The smallest absolute Gasteiger partial charge is 0.407 e. The van der Waals surface area contributed by atoms with E-state index in [9.17, 15) is 4.79 Å². The molecule has 0 spiro atoms. The second kappa shape index (κ2) is 6.95. The number of likely N-dealkylation sites (N-methyl/N-ethyl adjacent to an activating group) is 1. The van der Waals surface area contributed by atoms with Gasteiger partial charge in [0.1, 0.15) is 0 Å². The molecular weight excluding hydrogens is 326 g/mol. The lowest BCUT2D eigenvalue weighted by Crippen LogP contribution is -2.50. The Morgan fingerprint density at radius 2 is 2.27 bits per heavy atom. The van der Waals surface area contributed by atoms with Crippen molar-refractivity contribution >= 4 is 17.0 Å². The first-order chi connectivity index (χ1) is 12.5. The van der Waals surface area contributed by atoms with Gasteiger partial charge in [-0.2, -0.15) is 0 Å². The van der Waals surface area contributed by atoms with Crippen molar-refractivity contribution in [2.24, 2.45) is 11.8 Å². The van der Waals surface area contributed by atoms with Gasteiger partial charge in [0.25, 0.3) is 0 Å². The number of hydrogen-bond acceptors (Lipinski definition) is 3. The molecule has 0 bridgehead atoms. The number of alkyl carbamates (subject to hydrolysis) is 1. The minimum Gasteiger partial charge on any atom is -0.449 e. The number of amides is 1. The first kappa shape index (κ1) is 17.4. The van der Waals surface area contributed by atoms with E-state index >= 15 is 0 Å². The van der Waals surface area contributed by atoms with Crippen molar-refractivity contribution in [3.05, 3.63) is 35.5 Å². The highest BCUT2D eigenvalue weighted by Gasteiger charge is 2.39. The SMILES string of the molecule is CC(C)COC(=O)NC[C@@H]1C[C@@H]2c3cccc4[nH]cc(c34)C[C@H]2N(C)C1. The van der Waals surface area contributed by atoms with Crippen LogP contribution in [0, 0.1) is 11.8 Å². The fraction of sp³-hybridized carbons (Fsp3) is 0.571. The number of aromatic nitrogens is 1. The van der Waals surface area contributed by atoms with Crippen molar-refractivity contribution in [2.75, 3.05) is 26.7 Å². The number of fused-ring (bicyclic) bond motifs is 2. The highest BCUT2D eigenvalue weighted by atomic mass is 16.5. The third kappa shape index (κ3) is 3.20. The topological polar surface area (TPSA) is 57.4 Å².